The summed E-state index contributed by atoms with van der Waals surface area (Å²) in [4.78, 5) is 16.3. The van der Waals surface area contributed by atoms with Gasteiger partial charge in [0.15, 0.2) is 0 Å². The molecule has 0 aliphatic rings. The second-order valence-corrected chi connectivity index (χ2v) is 7.47. The van der Waals surface area contributed by atoms with E-state index in [1.54, 1.807) is 6.20 Å². The van der Waals surface area contributed by atoms with Crippen molar-refractivity contribution < 1.29 is 9.53 Å². The van der Waals surface area contributed by atoms with Crippen LogP contribution >= 0.6 is 0 Å². The fourth-order valence-corrected chi connectivity index (χ4v) is 2.29. The summed E-state index contributed by atoms with van der Waals surface area (Å²) >= 11 is 0. The minimum Gasteiger partial charge on any atom is -0.444 e. The Bertz CT molecular complexity index is 735. The largest absolute Gasteiger partial charge is 0.444 e. The van der Waals surface area contributed by atoms with Gasteiger partial charge in [-0.05, 0) is 40.7 Å². The first-order valence-electron chi connectivity index (χ1n) is 7.96. The third-order valence-corrected chi connectivity index (χ3v) is 3.35. The number of para-hydroxylation sites is 1. The van der Waals surface area contributed by atoms with E-state index in [9.17, 15) is 4.79 Å². The second kappa shape index (κ2) is 6.55. The summed E-state index contributed by atoms with van der Waals surface area (Å²) in [5.74, 6) is 0. The fourth-order valence-electron chi connectivity index (χ4n) is 2.29. The van der Waals surface area contributed by atoms with Crippen LogP contribution in [0.3, 0.4) is 0 Å². The van der Waals surface area contributed by atoms with Crippen LogP contribution in [0.15, 0.2) is 30.5 Å². The number of pyridine rings is 1. The van der Waals surface area contributed by atoms with Crippen LogP contribution in [0.5, 0.6) is 0 Å². The van der Waals surface area contributed by atoms with Gasteiger partial charge in [-0.15, -0.1) is 0 Å². The summed E-state index contributed by atoms with van der Waals surface area (Å²) < 4.78 is 5.31. The lowest BCUT2D eigenvalue weighted by molar-refractivity contribution is 0.0478. The summed E-state index contributed by atoms with van der Waals surface area (Å²) in [5, 5.41) is 7.15. The molecule has 0 radical (unpaired) electrons. The van der Waals surface area contributed by atoms with Crippen LogP contribution in [0.4, 0.5) is 16.2 Å². The Morgan fingerprint density at radius 1 is 1.21 bits per heavy atom. The van der Waals surface area contributed by atoms with Gasteiger partial charge in [-0.25, -0.2) is 4.79 Å². The topological polar surface area (TPSA) is 89.3 Å². The van der Waals surface area contributed by atoms with Crippen molar-refractivity contribution in [1.82, 2.24) is 10.3 Å². The highest BCUT2D eigenvalue weighted by molar-refractivity contribution is 5.96. The number of carbonyl (C=O) groups excluding carboxylic acids is 1. The van der Waals surface area contributed by atoms with E-state index in [0.717, 1.165) is 16.6 Å². The molecule has 0 bridgehead atoms. The number of hydrogen-bond acceptors (Lipinski definition) is 5. The molecule has 0 atom stereocenters. The number of benzene rings is 1. The molecule has 1 amide bonds. The van der Waals surface area contributed by atoms with Crippen LogP contribution in [0.1, 0.15) is 34.6 Å². The number of anilines is 2. The SMILES string of the molecule is CC(C)(CNc1c(N)cnc2ccccc12)NC(=O)OC(C)(C)C. The first kappa shape index (κ1) is 17.8. The predicted octanol–water partition coefficient (Wildman–Crippen LogP) is 3.53. The van der Waals surface area contributed by atoms with Crippen LogP contribution in [0, 0.1) is 0 Å². The highest BCUT2D eigenvalue weighted by atomic mass is 16.6. The first-order valence-corrected chi connectivity index (χ1v) is 7.96. The summed E-state index contributed by atoms with van der Waals surface area (Å²) in [6, 6.07) is 7.78. The minimum absolute atomic E-state index is 0.443. The van der Waals surface area contributed by atoms with Crippen LogP contribution < -0.4 is 16.4 Å². The van der Waals surface area contributed by atoms with Crippen LogP contribution in [-0.4, -0.2) is 28.8 Å². The lowest BCUT2D eigenvalue weighted by atomic mass is 10.1. The molecule has 0 saturated carbocycles. The van der Waals surface area contributed by atoms with Crippen molar-refractivity contribution in [2.45, 2.75) is 45.8 Å². The van der Waals surface area contributed by atoms with Crippen molar-refractivity contribution in [3.8, 4) is 0 Å². The zero-order chi connectivity index (χ0) is 18.0. The van der Waals surface area contributed by atoms with Crippen molar-refractivity contribution in [1.29, 1.82) is 0 Å². The monoisotopic (exact) mass is 330 g/mol. The molecule has 0 fully saturated rings. The Labute approximate surface area is 142 Å². The van der Waals surface area contributed by atoms with Gasteiger partial charge in [0.05, 0.1) is 28.6 Å². The molecule has 0 saturated heterocycles. The van der Waals surface area contributed by atoms with E-state index in [4.69, 9.17) is 10.5 Å². The summed E-state index contributed by atoms with van der Waals surface area (Å²) in [5.41, 5.74) is 7.28. The number of carbonyl (C=O) groups is 1. The normalized spacial score (nSPS) is 12.0. The van der Waals surface area contributed by atoms with Crippen molar-refractivity contribution in [2.75, 3.05) is 17.6 Å². The maximum absolute atomic E-state index is 12.0. The van der Waals surface area contributed by atoms with E-state index in [1.807, 2.05) is 58.9 Å². The smallest absolute Gasteiger partial charge is 0.408 e. The number of nitrogen functional groups attached to an aromatic ring is 1. The van der Waals surface area contributed by atoms with Gasteiger partial charge < -0.3 is 21.1 Å². The highest BCUT2D eigenvalue weighted by Gasteiger charge is 2.24. The quantitative estimate of drug-likeness (QED) is 0.798. The number of nitrogens with two attached hydrogens (primary N) is 1. The Kier molecular flexibility index (Phi) is 4.87. The number of nitrogens with one attached hydrogen (secondary N) is 2. The molecule has 2 aromatic rings. The number of aromatic nitrogens is 1. The number of alkyl carbamates (subject to hydrolysis) is 1. The van der Waals surface area contributed by atoms with E-state index >= 15 is 0 Å². The van der Waals surface area contributed by atoms with Crippen molar-refractivity contribution in [3.05, 3.63) is 30.5 Å². The number of fused-ring (bicyclic) bond motifs is 1. The summed E-state index contributed by atoms with van der Waals surface area (Å²) in [7, 11) is 0. The maximum Gasteiger partial charge on any atom is 0.408 e. The lowest BCUT2D eigenvalue weighted by Crippen LogP contribution is -2.50. The third-order valence-electron chi connectivity index (χ3n) is 3.35. The van der Waals surface area contributed by atoms with Gasteiger partial charge in [-0.3, -0.25) is 4.98 Å². The van der Waals surface area contributed by atoms with Gasteiger partial charge in [0.1, 0.15) is 5.60 Å². The lowest BCUT2D eigenvalue weighted by Gasteiger charge is -2.29. The average Bonchev–Trinajstić information content (AvgIpc) is 2.43. The molecule has 1 heterocycles. The molecule has 0 aliphatic carbocycles. The number of hydrogen-bond donors (Lipinski definition) is 3. The van der Waals surface area contributed by atoms with E-state index in [2.05, 4.69) is 15.6 Å². The Balaban J connectivity index is 2.10. The Morgan fingerprint density at radius 2 is 1.88 bits per heavy atom. The summed E-state index contributed by atoms with van der Waals surface area (Å²) in [6.07, 6.45) is 1.20. The van der Waals surface area contributed by atoms with Crippen molar-refractivity contribution in [3.63, 3.8) is 0 Å². The van der Waals surface area contributed by atoms with Crippen LogP contribution in [0.2, 0.25) is 0 Å². The van der Waals surface area contributed by atoms with Crippen molar-refractivity contribution >= 4 is 28.4 Å². The third kappa shape index (κ3) is 4.75. The van der Waals surface area contributed by atoms with Gasteiger partial charge in [0, 0.05) is 11.9 Å². The van der Waals surface area contributed by atoms with Gasteiger partial charge in [-0.2, -0.15) is 0 Å². The number of rotatable bonds is 4. The standard InChI is InChI=1S/C18H26N4O2/c1-17(2,3)24-16(23)22-18(4,5)11-21-15-12-8-6-7-9-14(12)20-10-13(15)19/h6-10H,11,19H2,1-5H3,(H,20,21)(H,22,23). The molecule has 6 nitrogen and oxygen atoms in total. The van der Waals surface area contributed by atoms with Crippen LogP contribution in [0.25, 0.3) is 10.9 Å². The molecule has 0 aliphatic heterocycles. The number of ether oxygens (including phenoxy) is 1. The van der Waals surface area contributed by atoms with E-state index < -0.39 is 17.2 Å². The van der Waals surface area contributed by atoms with E-state index in [-0.39, 0.29) is 0 Å². The summed E-state index contributed by atoms with van der Waals surface area (Å²) in [6.45, 7) is 9.84. The van der Waals surface area contributed by atoms with Gasteiger partial charge in [-0.1, -0.05) is 18.2 Å². The minimum atomic E-state index is -0.528. The van der Waals surface area contributed by atoms with Crippen molar-refractivity contribution in [2.24, 2.45) is 0 Å². The van der Waals surface area contributed by atoms with Gasteiger partial charge in [0.2, 0.25) is 0 Å². The average molecular weight is 330 g/mol. The molecule has 1 aromatic carbocycles. The van der Waals surface area contributed by atoms with E-state index in [1.165, 1.54) is 0 Å². The Hall–Kier alpha value is -2.50. The Morgan fingerprint density at radius 3 is 2.54 bits per heavy atom. The highest BCUT2D eigenvalue weighted by Crippen LogP contribution is 2.27. The molecule has 1 aromatic heterocycles. The van der Waals surface area contributed by atoms with E-state index in [0.29, 0.717) is 12.2 Å². The molecule has 4 N–H and O–H groups in total. The molecular formula is C18H26N4O2. The fraction of sp³-hybridized carbons (Fsp3) is 0.444. The van der Waals surface area contributed by atoms with Gasteiger partial charge >= 0.3 is 6.09 Å². The zero-order valence-electron chi connectivity index (χ0n) is 14.9. The first-order chi connectivity index (χ1) is 11.1. The molecule has 0 spiro atoms. The molecule has 130 valence electrons. The molecular weight excluding hydrogens is 304 g/mol. The molecule has 0 unspecified atom stereocenters. The second-order valence-electron chi connectivity index (χ2n) is 7.47. The van der Waals surface area contributed by atoms with Crippen LogP contribution in [-0.2, 0) is 4.74 Å². The molecule has 2 rings (SSSR count). The van der Waals surface area contributed by atoms with Gasteiger partial charge in [0.25, 0.3) is 0 Å². The predicted molar refractivity (Wildman–Crippen MR) is 98.1 cm³/mol. The number of nitrogens with zero attached hydrogens (tertiary/aromatic N) is 1. The zero-order valence-corrected chi connectivity index (χ0v) is 14.9. The maximum atomic E-state index is 12.0. The number of amides is 1. The molecule has 24 heavy (non-hydrogen) atoms. The molecule has 6 heteroatoms.